The number of nitrogens with zero attached hydrogens (tertiary/aromatic N) is 2. The highest BCUT2D eigenvalue weighted by Gasteiger charge is 2.28. The van der Waals surface area contributed by atoms with Crippen LogP contribution in [0.25, 0.3) is 22.0 Å². The fraction of sp³-hybridized carbons (Fsp3) is 0.179. The number of carbonyl (C=O) groups is 1. The molecular weight excluding hydrogens is 582 g/mol. The van der Waals surface area contributed by atoms with Crippen molar-refractivity contribution in [3.63, 3.8) is 0 Å². The van der Waals surface area contributed by atoms with Gasteiger partial charge in [0.15, 0.2) is 0 Å². The summed E-state index contributed by atoms with van der Waals surface area (Å²) in [4.78, 5) is 20.8. The Morgan fingerprint density at radius 1 is 1.10 bits per heavy atom. The summed E-state index contributed by atoms with van der Waals surface area (Å²) in [5.74, 6) is 0.283. The maximum Gasteiger partial charge on any atom is 0.405 e. The minimum absolute atomic E-state index is 0.0841. The Bertz CT molecular complexity index is 1620. The summed E-state index contributed by atoms with van der Waals surface area (Å²) in [6.45, 7) is 3.94. The van der Waals surface area contributed by atoms with Gasteiger partial charge in [-0.1, -0.05) is 41.9 Å². The molecule has 214 valence electrons. The number of benzene rings is 2. The first-order valence-corrected chi connectivity index (χ1v) is 12.7. The average molecular weight is 606 g/mol. The Labute approximate surface area is 243 Å². The number of amides is 1. The number of aryl methyl sites for hydroxylation is 1. The predicted octanol–water partition coefficient (Wildman–Crippen LogP) is 7.77. The number of nitrogens with one attached hydrogen (secondary N) is 3. The third-order valence-electron chi connectivity index (χ3n) is 5.97. The van der Waals surface area contributed by atoms with Gasteiger partial charge >= 0.3 is 6.18 Å². The minimum atomic E-state index is -4.52. The van der Waals surface area contributed by atoms with Crippen LogP contribution in [0.3, 0.4) is 0 Å². The van der Waals surface area contributed by atoms with Crippen LogP contribution in [-0.4, -0.2) is 42.8 Å². The SMILES string of the molecule is C=CC(=O)Nc1cccc(C)c1Nc1cc2c(NCC(F)(F)F)nc(-c3c(Cl)c(OC)cc(OC)c3Cl)cc2cn1. The molecule has 4 rings (SSSR count). The van der Waals surface area contributed by atoms with Gasteiger partial charge in [0, 0.05) is 28.6 Å². The number of aromatic nitrogens is 2. The van der Waals surface area contributed by atoms with Gasteiger partial charge in [-0.3, -0.25) is 4.79 Å². The largest absolute Gasteiger partial charge is 0.495 e. The summed E-state index contributed by atoms with van der Waals surface area (Å²) >= 11 is 13.1. The number of methoxy groups -OCH3 is 2. The summed E-state index contributed by atoms with van der Waals surface area (Å²) in [7, 11) is 2.81. The van der Waals surface area contributed by atoms with Crippen LogP contribution in [0.4, 0.5) is 36.2 Å². The van der Waals surface area contributed by atoms with E-state index in [-0.39, 0.29) is 38.6 Å². The number of carbonyl (C=O) groups excluding carboxylic acids is 1. The first-order valence-electron chi connectivity index (χ1n) is 12.0. The molecule has 0 aliphatic rings. The predicted molar refractivity (Wildman–Crippen MR) is 156 cm³/mol. The van der Waals surface area contributed by atoms with Crippen LogP contribution in [0, 0.1) is 6.92 Å². The van der Waals surface area contributed by atoms with Crippen LogP contribution in [0.1, 0.15) is 5.56 Å². The van der Waals surface area contributed by atoms with E-state index in [1.54, 1.807) is 24.3 Å². The smallest absolute Gasteiger partial charge is 0.405 e. The van der Waals surface area contributed by atoms with Gasteiger partial charge in [0.1, 0.15) is 29.7 Å². The number of ether oxygens (including phenoxy) is 2. The molecule has 0 bridgehead atoms. The van der Waals surface area contributed by atoms with Crippen LogP contribution in [-0.2, 0) is 4.79 Å². The molecule has 2 aromatic heterocycles. The number of rotatable bonds is 9. The molecular formula is C28H24Cl2F3N5O3. The van der Waals surface area contributed by atoms with E-state index in [1.165, 1.54) is 26.5 Å². The van der Waals surface area contributed by atoms with Crippen LogP contribution in [0.5, 0.6) is 11.5 Å². The van der Waals surface area contributed by atoms with Crippen molar-refractivity contribution in [3.8, 4) is 22.8 Å². The first-order chi connectivity index (χ1) is 19.4. The quantitative estimate of drug-likeness (QED) is 0.168. The molecule has 0 atom stereocenters. The third kappa shape index (κ3) is 6.58. The lowest BCUT2D eigenvalue weighted by molar-refractivity contribution is -0.115. The van der Waals surface area contributed by atoms with Crippen molar-refractivity contribution in [1.82, 2.24) is 9.97 Å². The van der Waals surface area contributed by atoms with Crippen molar-refractivity contribution < 1.29 is 27.4 Å². The number of halogens is 5. The van der Waals surface area contributed by atoms with Crippen molar-refractivity contribution in [2.75, 3.05) is 36.7 Å². The second-order valence-corrected chi connectivity index (χ2v) is 9.47. The zero-order valence-electron chi connectivity index (χ0n) is 22.0. The summed E-state index contributed by atoms with van der Waals surface area (Å²) in [6, 6.07) is 9.92. The highest BCUT2D eigenvalue weighted by Crippen LogP contribution is 2.46. The van der Waals surface area contributed by atoms with Crippen LogP contribution in [0.2, 0.25) is 10.0 Å². The van der Waals surface area contributed by atoms with Crippen molar-refractivity contribution in [3.05, 3.63) is 70.9 Å². The maximum atomic E-state index is 13.2. The van der Waals surface area contributed by atoms with E-state index in [0.29, 0.717) is 28.0 Å². The number of fused-ring (bicyclic) bond motifs is 1. The van der Waals surface area contributed by atoms with Gasteiger partial charge in [-0.25, -0.2) is 9.97 Å². The molecule has 1 amide bonds. The summed E-state index contributed by atoms with van der Waals surface area (Å²) in [5.41, 5.74) is 2.19. The molecule has 0 radical (unpaired) electrons. The fourth-order valence-corrected chi connectivity index (χ4v) is 4.72. The highest BCUT2D eigenvalue weighted by molar-refractivity contribution is 6.41. The van der Waals surface area contributed by atoms with Crippen molar-refractivity contribution in [2.24, 2.45) is 0 Å². The Balaban J connectivity index is 1.87. The van der Waals surface area contributed by atoms with Crippen LogP contribution < -0.4 is 25.4 Å². The Hall–Kier alpha value is -4.22. The van der Waals surface area contributed by atoms with Gasteiger partial charge < -0.3 is 25.4 Å². The molecule has 0 aliphatic carbocycles. The van der Waals surface area contributed by atoms with Gasteiger partial charge in [0.05, 0.1) is 41.3 Å². The average Bonchev–Trinajstić information content (AvgIpc) is 2.93. The van der Waals surface area contributed by atoms with E-state index in [9.17, 15) is 18.0 Å². The lowest BCUT2D eigenvalue weighted by Gasteiger charge is -2.18. The Morgan fingerprint density at radius 2 is 1.78 bits per heavy atom. The van der Waals surface area contributed by atoms with Crippen molar-refractivity contribution in [2.45, 2.75) is 13.1 Å². The topological polar surface area (TPSA) is 97.4 Å². The van der Waals surface area contributed by atoms with E-state index < -0.39 is 18.6 Å². The molecule has 0 saturated carbocycles. The number of alkyl halides is 3. The molecule has 3 N–H and O–H groups in total. The number of para-hydroxylation sites is 1. The summed E-state index contributed by atoms with van der Waals surface area (Å²) in [6.07, 6.45) is -1.91. The summed E-state index contributed by atoms with van der Waals surface area (Å²) in [5, 5.41) is 9.23. The standard InChI is InChI=1S/C28H24Cl2F3N5O3/c1-5-22(39)36-17-8-6-7-14(2)26(17)38-21-10-16-15(12-34-21)9-18(37-27(16)35-13-28(31,32)33)23-24(29)19(40-3)11-20(41-4)25(23)30/h5-12H,1,13H2,2-4H3,(H,34,38)(H,35,37)(H,36,39). The molecule has 0 fully saturated rings. The maximum absolute atomic E-state index is 13.2. The molecule has 4 aromatic rings. The number of hydrogen-bond donors (Lipinski definition) is 3. The molecule has 2 heterocycles. The minimum Gasteiger partial charge on any atom is -0.495 e. The second kappa shape index (κ2) is 12.1. The van der Waals surface area contributed by atoms with Gasteiger partial charge in [-0.15, -0.1) is 0 Å². The van der Waals surface area contributed by atoms with Crippen LogP contribution >= 0.6 is 23.2 Å². The van der Waals surface area contributed by atoms with E-state index in [1.807, 2.05) is 13.0 Å². The summed E-state index contributed by atoms with van der Waals surface area (Å²) < 4.78 is 50.4. The number of hydrogen-bond acceptors (Lipinski definition) is 7. The van der Waals surface area contributed by atoms with Crippen molar-refractivity contribution in [1.29, 1.82) is 0 Å². The molecule has 41 heavy (non-hydrogen) atoms. The van der Waals surface area contributed by atoms with E-state index in [4.69, 9.17) is 32.7 Å². The lowest BCUT2D eigenvalue weighted by Crippen LogP contribution is -2.22. The monoisotopic (exact) mass is 605 g/mol. The fourth-order valence-electron chi connectivity index (χ4n) is 4.02. The van der Waals surface area contributed by atoms with E-state index in [2.05, 4.69) is 32.5 Å². The normalized spacial score (nSPS) is 11.2. The van der Waals surface area contributed by atoms with E-state index >= 15 is 0 Å². The molecule has 0 spiro atoms. The molecule has 8 nitrogen and oxygen atoms in total. The number of anilines is 4. The zero-order valence-corrected chi connectivity index (χ0v) is 23.6. The molecule has 0 unspecified atom stereocenters. The van der Waals surface area contributed by atoms with Crippen molar-refractivity contribution >= 4 is 62.9 Å². The molecule has 13 heteroatoms. The first kappa shape index (κ1) is 29.8. The zero-order chi connectivity index (χ0) is 29.9. The second-order valence-electron chi connectivity index (χ2n) is 8.72. The van der Waals surface area contributed by atoms with Gasteiger partial charge in [-0.2, -0.15) is 13.2 Å². The molecule has 0 aliphatic heterocycles. The Morgan fingerprint density at radius 3 is 2.39 bits per heavy atom. The Kier molecular flexibility index (Phi) is 8.79. The number of pyridine rings is 2. The lowest BCUT2D eigenvalue weighted by atomic mass is 10.1. The van der Waals surface area contributed by atoms with Gasteiger partial charge in [0.25, 0.3) is 0 Å². The molecule has 0 saturated heterocycles. The van der Waals surface area contributed by atoms with Crippen LogP contribution in [0.15, 0.2) is 55.3 Å². The van der Waals surface area contributed by atoms with E-state index in [0.717, 1.165) is 11.6 Å². The van der Waals surface area contributed by atoms with Gasteiger partial charge in [-0.05, 0) is 36.8 Å². The third-order valence-corrected chi connectivity index (χ3v) is 6.72. The van der Waals surface area contributed by atoms with Gasteiger partial charge in [0.2, 0.25) is 5.91 Å². The highest BCUT2D eigenvalue weighted by atomic mass is 35.5. The molecule has 2 aromatic carbocycles.